The van der Waals surface area contributed by atoms with E-state index in [2.05, 4.69) is 12.2 Å². The number of halogens is 1. The predicted octanol–water partition coefficient (Wildman–Crippen LogP) is 2.76. The fourth-order valence-electron chi connectivity index (χ4n) is 2.24. The van der Waals surface area contributed by atoms with E-state index in [0.29, 0.717) is 6.42 Å². The van der Waals surface area contributed by atoms with Crippen molar-refractivity contribution in [2.24, 2.45) is 11.8 Å². The molecule has 1 aliphatic carbocycles. The van der Waals surface area contributed by atoms with Gasteiger partial charge in [-0.3, -0.25) is 4.39 Å². The Morgan fingerprint density at radius 1 is 1.38 bits per heavy atom. The Morgan fingerprint density at radius 2 is 2.23 bits per heavy atom. The Balaban J connectivity index is 2.00. The van der Waals surface area contributed by atoms with Crippen molar-refractivity contribution in [3.63, 3.8) is 0 Å². The molecule has 0 aromatic carbocycles. The minimum atomic E-state index is -0.186. The number of nitrogens with one attached hydrogen (secondary N) is 1. The second-order valence-corrected chi connectivity index (χ2v) is 4.38. The first-order chi connectivity index (χ1) is 6.33. The normalized spacial score (nSPS) is 29.1. The van der Waals surface area contributed by atoms with E-state index in [-0.39, 0.29) is 6.67 Å². The highest BCUT2D eigenvalue weighted by atomic mass is 19.1. The highest BCUT2D eigenvalue weighted by Gasteiger charge is 2.17. The number of hydrogen-bond acceptors (Lipinski definition) is 1. The van der Waals surface area contributed by atoms with E-state index in [0.717, 1.165) is 24.9 Å². The van der Waals surface area contributed by atoms with Crippen molar-refractivity contribution in [1.82, 2.24) is 5.32 Å². The van der Waals surface area contributed by atoms with Crippen LogP contribution in [0.1, 0.15) is 39.0 Å². The van der Waals surface area contributed by atoms with Crippen LogP contribution in [-0.4, -0.2) is 19.8 Å². The van der Waals surface area contributed by atoms with E-state index in [1.54, 1.807) is 0 Å². The highest BCUT2D eigenvalue weighted by molar-refractivity contribution is 4.72. The van der Waals surface area contributed by atoms with E-state index in [4.69, 9.17) is 0 Å². The van der Waals surface area contributed by atoms with Crippen molar-refractivity contribution in [3.05, 3.63) is 0 Å². The second kappa shape index (κ2) is 6.36. The van der Waals surface area contributed by atoms with Crippen LogP contribution in [0.15, 0.2) is 0 Å². The third-order valence-corrected chi connectivity index (χ3v) is 2.97. The molecule has 2 unspecified atom stereocenters. The summed E-state index contributed by atoms with van der Waals surface area (Å²) in [4.78, 5) is 0. The van der Waals surface area contributed by atoms with Gasteiger partial charge in [-0.05, 0) is 44.2 Å². The Bertz CT molecular complexity index is 127. The molecule has 1 nitrogen and oxygen atoms in total. The molecule has 2 atom stereocenters. The molecule has 13 heavy (non-hydrogen) atoms. The quantitative estimate of drug-likeness (QED) is 0.653. The topological polar surface area (TPSA) is 12.0 Å². The lowest BCUT2D eigenvalue weighted by Gasteiger charge is -2.26. The van der Waals surface area contributed by atoms with Crippen LogP contribution in [0.5, 0.6) is 0 Å². The van der Waals surface area contributed by atoms with Gasteiger partial charge in [0.1, 0.15) is 0 Å². The zero-order valence-corrected chi connectivity index (χ0v) is 8.69. The molecule has 1 aliphatic rings. The third kappa shape index (κ3) is 4.61. The van der Waals surface area contributed by atoms with E-state index < -0.39 is 0 Å². The smallest absolute Gasteiger partial charge is 0.0906 e. The van der Waals surface area contributed by atoms with E-state index in [1.165, 1.54) is 25.7 Å². The fraction of sp³-hybridized carbons (Fsp3) is 1.00. The van der Waals surface area contributed by atoms with Crippen LogP contribution in [0.25, 0.3) is 0 Å². The van der Waals surface area contributed by atoms with E-state index in [9.17, 15) is 4.39 Å². The van der Waals surface area contributed by atoms with Gasteiger partial charge in [-0.25, -0.2) is 0 Å². The fourth-order valence-corrected chi connectivity index (χ4v) is 2.24. The van der Waals surface area contributed by atoms with Crippen molar-refractivity contribution in [2.75, 3.05) is 19.8 Å². The van der Waals surface area contributed by atoms with Crippen molar-refractivity contribution in [1.29, 1.82) is 0 Å². The van der Waals surface area contributed by atoms with Gasteiger partial charge in [-0.2, -0.15) is 0 Å². The van der Waals surface area contributed by atoms with Gasteiger partial charge in [-0.1, -0.05) is 19.8 Å². The first-order valence-electron chi connectivity index (χ1n) is 5.59. The van der Waals surface area contributed by atoms with Crippen LogP contribution in [0.2, 0.25) is 0 Å². The summed E-state index contributed by atoms with van der Waals surface area (Å²) in [5.74, 6) is 1.75. The van der Waals surface area contributed by atoms with Crippen LogP contribution in [0.3, 0.4) is 0 Å². The molecule has 0 heterocycles. The second-order valence-electron chi connectivity index (χ2n) is 4.38. The molecule has 0 aliphatic heterocycles. The van der Waals surface area contributed by atoms with Crippen molar-refractivity contribution >= 4 is 0 Å². The summed E-state index contributed by atoms with van der Waals surface area (Å²) in [5.41, 5.74) is 0. The van der Waals surface area contributed by atoms with Gasteiger partial charge in [-0.15, -0.1) is 0 Å². The number of hydrogen-bond donors (Lipinski definition) is 1. The Kier molecular flexibility index (Phi) is 5.37. The van der Waals surface area contributed by atoms with Gasteiger partial charge in [0.2, 0.25) is 0 Å². The maximum Gasteiger partial charge on any atom is 0.0906 e. The minimum absolute atomic E-state index is 0.186. The number of rotatable bonds is 5. The predicted molar refractivity (Wildman–Crippen MR) is 54.6 cm³/mol. The monoisotopic (exact) mass is 187 g/mol. The highest BCUT2D eigenvalue weighted by Crippen LogP contribution is 2.27. The van der Waals surface area contributed by atoms with Gasteiger partial charge in [0.15, 0.2) is 0 Å². The average molecular weight is 187 g/mol. The zero-order chi connectivity index (χ0) is 9.52. The number of alkyl halides is 1. The SMILES string of the molecule is CC1CCCC(CNCCCF)C1. The summed E-state index contributed by atoms with van der Waals surface area (Å²) < 4.78 is 11.8. The van der Waals surface area contributed by atoms with Crippen molar-refractivity contribution in [2.45, 2.75) is 39.0 Å². The molecule has 1 N–H and O–H groups in total. The first kappa shape index (κ1) is 11.0. The molecule has 0 aromatic heterocycles. The zero-order valence-electron chi connectivity index (χ0n) is 8.69. The van der Waals surface area contributed by atoms with Crippen LogP contribution >= 0.6 is 0 Å². The van der Waals surface area contributed by atoms with Crippen LogP contribution in [0, 0.1) is 11.8 Å². The molecule has 2 heteroatoms. The van der Waals surface area contributed by atoms with E-state index >= 15 is 0 Å². The van der Waals surface area contributed by atoms with Crippen molar-refractivity contribution in [3.8, 4) is 0 Å². The lowest BCUT2D eigenvalue weighted by molar-refractivity contribution is 0.273. The molecule has 1 fully saturated rings. The summed E-state index contributed by atoms with van der Waals surface area (Å²) in [7, 11) is 0. The molecule has 1 rings (SSSR count). The van der Waals surface area contributed by atoms with Gasteiger partial charge < -0.3 is 5.32 Å². The molecular formula is C11H22FN. The molecule has 1 saturated carbocycles. The summed E-state index contributed by atoms with van der Waals surface area (Å²) in [6, 6.07) is 0. The first-order valence-corrected chi connectivity index (χ1v) is 5.59. The third-order valence-electron chi connectivity index (χ3n) is 2.97. The standard InChI is InChI=1S/C11H22FN/c1-10-4-2-5-11(8-10)9-13-7-3-6-12/h10-11,13H,2-9H2,1H3. The molecule has 0 amide bonds. The van der Waals surface area contributed by atoms with Crippen LogP contribution in [-0.2, 0) is 0 Å². The summed E-state index contributed by atoms with van der Waals surface area (Å²) >= 11 is 0. The summed E-state index contributed by atoms with van der Waals surface area (Å²) in [6.45, 7) is 4.10. The molecule has 0 saturated heterocycles. The molecule has 0 radical (unpaired) electrons. The van der Waals surface area contributed by atoms with Crippen LogP contribution in [0.4, 0.5) is 4.39 Å². The lowest BCUT2D eigenvalue weighted by Crippen LogP contribution is -2.27. The Morgan fingerprint density at radius 3 is 2.92 bits per heavy atom. The molecule has 0 bridgehead atoms. The maximum atomic E-state index is 11.8. The van der Waals surface area contributed by atoms with Gasteiger partial charge in [0.25, 0.3) is 0 Å². The largest absolute Gasteiger partial charge is 0.316 e. The van der Waals surface area contributed by atoms with Crippen molar-refractivity contribution < 1.29 is 4.39 Å². The minimum Gasteiger partial charge on any atom is -0.316 e. The van der Waals surface area contributed by atoms with E-state index in [1.807, 2.05) is 0 Å². The van der Waals surface area contributed by atoms with Crippen LogP contribution < -0.4 is 5.32 Å². The van der Waals surface area contributed by atoms with Gasteiger partial charge in [0.05, 0.1) is 6.67 Å². The summed E-state index contributed by atoms with van der Waals surface area (Å²) in [6.07, 6.45) is 6.19. The maximum absolute atomic E-state index is 11.8. The Hall–Kier alpha value is -0.110. The molecular weight excluding hydrogens is 165 g/mol. The van der Waals surface area contributed by atoms with Gasteiger partial charge in [0, 0.05) is 0 Å². The molecule has 78 valence electrons. The lowest BCUT2D eigenvalue weighted by atomic mass is 9.82. The summed E-state index contributed by atoms with van der Waals surface area (Å²) in [5, 5.41) is 3.34. The average Bonchev–Trinajstić information content (AvgIpc) is 2.13. The molecule has 0 spiro atoms. The Labute approximate surface area is 81.1 Å². The molecule has 0 aromatic rings. The van der Waals surface area contributed by atoms with Gasteiger partial charge >= 0.3 is 0 Å².